The lowest BCUT2D eigenvalue weighted by atomic mass is 9.71. The van der Waals surface area contributed by atoms with Crippen LogP contribution in [0.15, 0.2) is 122 Å². The van der Waals surface area contributed by atoms with E-state index in [1.165, 1.54) is 22.3 Å². The molecule has 6 fully saturated rings. The van der Waals surface area contributed by atoms with Crippen LogP contribution in [0.4, 0.5) is 0 Å². The molecule has 0 saturated carbocycles. The van der Waals surface area contributed by atoms with E-state index in [9.17, 15) is 10.2 Å². The fourth-order valence-corrected chi connectivity index (χ4v) is 12.0. The van der Waals surface area contributed by atoms with E-state index in [0.717, 1.165) is 107 Å². The average molecular weight is 765 g/mol. The molecule has 0 unspecified atom stereocenters. The number of aromatic nitrogens is 2. The van der Waals surface area contributed by atoms with Crippen molar-refractivity contribution in [2.45, 2.75) is 63.1 Å². The predicted octanol–water partition coefficient (Wildman–Crippen LogP) is 8.63. The van der Waals surface area contributed by atoms with Crippen LogP contribution in [0.3, 0.4) is 0 Å². The quantitative estimate of drug-likeness (QED) is 0.114. The fraction of sp³-hybridized carbons (Fsp3) is 0.346. The van der Waals surface area contributed by atoms with Gasteiger partial charge in [0.25, 0.3) is 0 Å². The van der Waals surface area contributed by atoms with Gasteiger partial charge in [-0.25, -0.2) is 0 Å². The minimum absolute atomic E-state index is 0.0686. The Kier molecular flexibility index (Phi) is 9.43. The highest BCUT2D eigenvalue weighted by atomic mass is 16.3. The van der Waals surface area contributed by atoms with Gasteiger partial charge in [-0.2, -0.15) is 0 Å². The summed E-state index contributed by atoms with van der Waals surface area (Å²) in [5, 5.41) is 26.4. The molecule has 6 aromatic rings. The maximum absolute atomic E-state index is 12.2. The minimum atomic E-state index is -0.597. The lowest BCUT2D eigenvalue weighted by Gasteiger charge is -2.57. The van der Waals surface area contributed by atoms with Crippen LogP contribution in [0.5, 0.6) is 0 Å². The third-order valence-corrected chi connectivity index (χ3v) is 15.0. The van der Waals surface area contributed by atoms with Crippen LogP contribution in [0.1, 0.15) is 60.1 Å². The number of quaternary nitrogens is 2. The van der Waals surface area contributed by atoms with Crippen molar-refractivity contribution in [3.05, 3.63) is 144 Å². The number of pyridine rings is 2. The first-order valence-corrected chi connectivity index (χ1v) is 21.2. The molecule has 290 valence electrons. The second kappa shape index (κ2) is 14.8. The Labute approximate surface area is 342 Å². The first kappa shape index (κ1) is 37.0. The summed E-state index contributed by atoms with van der Waals surface area (Å²) >= 11 is 0. The number of piperidine rings is 6. The molecule has 6 aliphatic rings. The molecule has 8 heterocycles. The molecule has 0 aliphatic carbocycles. The Morgan fingerprint density at radius 3 is 1.40 bits per heavy atom. The summed E-state index contributed by atoms with van der Waals surface area (Å²) in [6.07, 6.45) is 18.8. The zero-order chi connectivity index (χ0) is 39.4. The summed E-state index contributed by atoms with van der Waals surface area (Å²) in [5.41, 5.74) is 8.69. The van der Waals surface area contributed by atoms with Crippen LogP contribution in [-0.4, -0.2) is 67.4 Å². The third-order valence-electron chi connectivity index (χ3n) is 15.0. The second-order valence-corrected chi connectivity index (χ2v) is 17.9. The van der Waals surface area contributed by atoms with Crippen LogP contribution in [-0.2, 0) is 13.1 Å². The van der Waals surface area contributed by atoms with Crippen LogP contribution in [0.25, 0.3) is 32.9 Å². The first-order chi connectivity index (χ1) is 28.4. The molecule has 6 saturated heterocycles. The lowest BCUT2D eigenvalue weighted by molar-refractivity contribution is -0.984. The maximum Gasteiger partial charge on any atom is 0.131 e. The zero-order valence-electron chi connectivity index (χ0n) is 33.1. The zero-order valence-corrected chi connectivity index (χ0v) is 33.1. The van der Waals surface area contributed by atoms with E-state index in [2.05, 4.69) is 82.5 Å². The average Bonchev–Trinajstić information content (AvgIpc) is 3.28. The van der Waals surface area contributed by atoms with E-state index >= 15 is 0 Å². The molecule has 0 radical (unpaired) electrons. The fourth-order valence-electron chi connectivity index (χ4n) is 12.0. The van der Waals surface area contributed by atoms with Crippen molar-refractivity contribution in [2.24, 2.45) is 23.7 Å². The van der Waals surface area contributed by atoms with Gasteiger partial charge < -0.3 is 19.2 Å². The molecule has 2 aromatic heterocycles. The van der Waals surface area contributed by atoms with E-state index in [1.807, 2.05) is 60.9 Å². The van der Waals surface area contributed by atoms with E-state index in [4.69, 9.17) is 12.8 Å². The number of aliphatic hydroxyl groups excluding tert-OH is 2. The van der Waals surface area contributed by atoms with E-state index in [-0.39, 0.29) is 23.9 Å². The largest absolute Gasteiger partial charge is 0.382 e. The van der Waals surface area contributed by atoms with Crippen molar-refractivity contribution in [1.82, 2.24) is 9.97 Å². The van der Waals surface area contributed by atoms with Gasteiger partial charge in [0.1, 0.15) is 37.4 Å². The Bertz CT molecular complexity index is 2370. The Hall–Kier alpha value is -5.34. The summed E-state index contributed by atoms with van der Waals surface area (Å²) in [4.78, 5) is 9.15. The van der Waals surface area contributed by atoms with Crippen LogP contribution >= 0.6 is 0 Å². The molecule has 4 aromatic carbocycles. The molecule has 6 aliphatic heterocycles. The van der Waals surface area contributed by atoms with Gasteiger partial charge in [-0.3, -0.25) is 9.97 Å². The summed E-state index contributed by atoms with van der Waals surface area (Å²) in [7, 11) is 0. The van der Waals surface area contributed by atoms with Crippen molar-refractivity contribution in [1.29, 1.82) is 0 Å². The Balaban J connectivity index is 0.886. The monoisotopic (exact) mass is 764 g/mol. The van der Waals surface area contributed by atoms with Crippen molar-refractivity contribution < 1.29 is 19.2 Å². The molecule has 12 rings (SSSR count). The molecule has 0 spiro atoms. The van der Waals surface area contributed by atoms with Gasteiger partial charge in [0.15, 0.2) is 0 Å². The smallest absolute Gasteiger partial charge is 0.131 e. The van der Waals surface area contributed by atoms with Gasteiger partial charge in [0.05, 0.1) is 49.0 Å². The SMILES string of the molecule is C#C[C@H]1C[N@+]2(Cc3ccc(-c4ccc(C[N@@+]56CC[C@@H](C[C@H]5[C@H](O)c5ccnc7ccccc57)[C@@H](C#C)C6)cc4)cc3)CC[C@H]1C[C@H]2[C@H](O)c1ccnc2ccccc12. The van der Waals surface area contributed by atoms with E-state index in [1.54, 1.807) is 0 Å². The summed E-state index contributed by atoms with van der Waals surface area (Å²) < 4.78 is 1.62. The second-order valence-electron chi connectivity index (χ2n) is 17.9. The molecule has 2 N–H and O–H groups in total. The van der Waals surface area contributed by atoms with Gasteiger partial charge in [-0.05, 0) is 58.4 Å². The molecular weight excluding hydrogens is 713 g/mol. The Morgan fingerprint density at radius 2 is 0.983 bits per heavy atom. The van der Waals surface area contributed by atoms with E-state index in [0.29, 0.717) is 11.8 Å². The number of rotatable bonds is 9. The number of hydrogen-bond donors (Lipinski definition) is 2. The number of fused-ring (bicyclic) bond motifs is 8. The molecular formula is C52H52N4O2+2. The van der Waals surface area contributed by atoms with Crippen LogP contribution in [0, 0.1) is 48.4 Å². The Morgan fingerprint density at radius 1 is 0.569 bits per heavy atom. The summed E-state index contributed by atoms with van der Waals surface area (Å²) in [6.45, 7) is 5.53. The number of aliphatic hydroxyl groups is 2. The number of nitrogens with zero attached hydrogens (tertiary/aromatic N) is 4. The van der Waals surface area contributed by atoms with Gasteiger partial charge in [0.2, 0.25) is 0 Å². The number of terminal acetylenes is 2. The number of benzene rings is 4. The summed E-state index contributed by atoms with van der Waals surface area (Å²) in [5.74, 6) is 7.65. The molecule has 4 bridgehead atoms. The van der Waals surface area contributed by atoms with Crippen LogP contribution < -0.4 is 0 Å². The highest BCUT2D eigenvalue weighted by Crippen LogP contribution is 2.49. The maximum atomic E-state index is 12.2. The standard InChI is InChI=1S/C52H52N4O2/c1-3-37-33-55(27-23-41(37)29-49(55)51(57)45-21-25-53-47-11-7-5-9-43(45)47)31-35-13-17-39(18-14-35)40-19-15-36(16-20-40)32-56-28-24-42(38(4-2)34-56)30-50(56)52(58)46-22-26-54-48-12-8-6-10-44(46)48/h1-2,5-22,25-26,37-38,41-42,49-52,57-58H,23-24,27-34H2/q+2/t37-,38-,41-,42-,49-,50-,51+,52+,55+,56+/m0/s1. The molecule has 0 amide bonds. The highest BCUT2D eigenvalue weighted by Gasteiger charge is 2.55. The van der Waals surface area contributed by atoms with Crippen molar-refractivity contribution >= 4 is 21.8 Å². The van der Waals surface area contributed by atoms with Crippen molar-refractivity contribution in [3.63, 3.8) is 0 Å². The minimum Gasteiger partial charge on any atom is -0.382 e. The third kappa shape index (κ3) is 6.31. The van der Waals surface area contributed by atoms with Crippen molar-refractivity contribution in [2.75, 3.05) is 26.2 Å². The van der Waals surface area contributed by atoms with E-state index < -0.39 is 12.2 Å². The number of para-hydroxylation sites is 2. The molecule has 58 heavy (non-hydrogen) atoms. The normalized spacial score (nSPS) is 29.8. The van der Waals surface area contributed by atoms with Gasteiger partial charge >= 0.3 is 0 Å². The van der Waals surface area contributed by atoms with Gasteiger partial charge in [-0.1, -0.05) is 96.8 Å². The predicted molar refractivity (Wildman–Crippen MR) is 230 cm³/mol. The topological polar surface area (TPSA) is 66.2 Å². The highest BCUT2D eigenvalue weighted by molar-refractivity contribution is 5.83. The summed E-state index contributed by atoms with van der Waals surface area (Å²) in [6, 6.07) is 38.5. The molecule has 6 heteroatoms. The lowest BCUT2D eigenvalue weighted by Crippen LogP contribution is -2.67. The van der Waals surface area contributed by atoms with Crippen LogP contribution in [0.2, 0.25) is 0 Å². The molecule has 6 nitrogen and oxygen atoms in total. The van der Waals surface area contributed by atoms with Gasteiger partial charge in [-0.15, -0.1) is 12.8 Å². The first-order valence-electron chi connectivity index (χ1n) is 21.2. The molecule has 10 atom stereocenters. The van der Waals surface area contributed by atoms with Gasteiger partial charge in [0, 0.05) is 60.0 Å². The number of hydrogen-bond acceptors (Lipinski definition) is 4. The van der Waals surface area contributed by atoms with Crippen molar-refractivity contribution in [3.8, 4) is 35.8 Å².